The lowest BCUT2D eigenvalue weighted by Gasteiger charge is -2.31. The van der Waals surface area contributed by atoms with E-state index in [9.17, 15) is 24.3 Å². The molecule has 1 aliphatic heterocycles. The molecule has 1 fully saturated rings. The Labute approximate surface area is 247 Å². The summed E-state index contributed by atoms with van der Waals surface area (Å²) in [5, 5.41) is 15.5. The second-order valence-corrected chi connectivity index (χ2v) is 10.8. The number of thioether (sulfide) groups is 1. The number of likely N-dealkylation sites (tertiary alicyclic amines) is 1. The molecular weight excluding hydrogens is 577 g/mol. The molecule has 1 atom stereocenters. The van der Waals surface area contributed by atoms with Crippen LogP contribution in [0.15, 0.2) is 47.4 Å². The highest BCUT2D eigenvalue weighted by Crippen LogP contribution is 2.35. The summed E-state index contributed by atoms with van der Waals surface area (Å²) in [6.45, 7) is 0.433. The number of carboxylic acids is 1. The number of carboxylic acid groups (broad SMARTS) is 1. The molecule has 1 aliphatic rings. The first-order valence-corrected chi connectivity index (χ1v) is 14.5. The van der Waals surface area contributed by atoms with Gasteiger partial charge in [0.15, 0.2) is 0 Å². The molecule has 1 heterocycles. The van der Waals surface area contributed by atoms with Gasteiger partial charge in [0, 0.05) is 36.5 Å². The maximum absolute atomic E-state index is 12.8. The minimum absolute atomic E-state index is 0.0424. The number of hydrogen-bond donors (Lipinski definition) is 3. The van der Waals surface area contributed by atoms with Gasteiger partial charge in [0.25, 0.3) is 0 Å². The lowest BCUT2D eigenvalue weighted by Crippen LogP contribution is -2.51. The van der Waals surface area contributed by atoms with Crippen molar-refractivity contribution >= 4 is 64.7 Å². The molecule has 214 valence electrons. The molecule has 2 aromatic rings. The third-order valence-electron chi connectivity index (χ3n) is 6.50. The van der Waals surface area contributed by atoms with Crippen LogP contribution in [-0.4, -0.2) is 72.7 Å². The number of nitrogens with zero attached hydrogens (tertiary/aromatic N) is 1. The molecule has 12 heteroatoms. The van der Waals surface area contributed by atoms with E-state index in [0.717, 1.165) is 4.90 Å². The van der Waals surface area contributed by atoms with Crippen LogP contribution in [0, 0.1) is 5.92 Å². The number of carbonyl (C=O) groups is 4. The van der Waals surface area contributed by atoms with Crippen LogP contribution in [0.25, 0.3) is 6.08 Å². The van der Waals surface area contributed by atoms with Crippen LogP contribution >= 0.6 is 35.0 Å². The first-order chi connectivity index (χ1) is 19.1. The molecule has 0 aliphatic carbocycles. The minimum atomic E-state index is -1.28. The average Bonchev–Trinajstić information content (AvgIpc) is 2.95. The summed E-state index contributed by atoms with van der Waals surface area (Å²) in [7, 11) is 1.53. The Kier molecular flexibility index (Phi) is 11.7. The largest absolute Gasteiger partial charge is 0.497 e. The minimum Gasteiger partial charge on any atom is -0.497 e. The Morgan fingerprint density at radius 3 is 2.52 bits per heavy atom. The number of nitrogens with one attached hydrogen (secondary N) is 2. The molecule has 9 nitrogen and oxygen atoms in total. The number of aliphatic carboxylic acids is 1. The number of rotatable bonds is 11. The maximum Gasteiger partial charge on any atom is 0.328 e. The van der Waals surface area contributed by atoms with Crippen molar-refractivity contribution < 1.29 is 29.0 Å². The molecule has 3 N–H and O–H groups in total. The summed E-state index contributed by atoms with van der Waals surface area (Å²) in [6.07, 6.45) is 5.74. The van der Waals surface area contributed by atoms with Gasteiger partial charge in [0.2, 0.25) is 17.7 Å². The van der Waals surface area contributed by atoms with Crippen LogP contribution in [-0.2, 0) is 25.6 Å². The highest BCUT2D eigenvalue weighted by Gasteiger charge is 2.30. The van der Waals surface area contributed by atoms with E-state index in [0.29, 0.717) is 52.9 Å². The van der Waals surface area contributed by atoms with Crippen LogP contribution in [0.5, 0.6) is 5.75 Å². The number of amides is 3. The van der Waals surface area contributed by atoms with E-state index in [2.05, 4.69) is 10.6 Å². The highest BCUT2D eigenvalue weighted by atomic mass is 35.5. The molecule has 40 heavy (non-hydrogen) atoms. The molecule has 0 spiro atoms. The van der Waals surface area contributed by atoms with Crippen LogP contribution in [0.4, 0.5) is 0 Å². The predicted octanol–water partition coefficient (Wildman–Crippen LogP) is 3.90. The van der Waals surface area contributed by atoms with Gasteiger partial charge >= 0.3 is 5.97 Å². The molecule has 0 aromatic heterocycles. The summed E-state index contributed by atoms with van der Waals surface area (Å²) in [5.41, 5.74) is 1.34. The fourth-order valence-electron chi connectivity index (χ4n) is 4.20. The predicted molar refractivity (Wildman–Crippen MR) is 156 cm³/mol. The Bertz CT molecular complexity index is 1280. The average molecular weight is 609 g/mol. The smallest absolute Gasteiger partial charge is 0.328 e. The molecular formula is C28H31Cl2N3O6S. The molecule has 3 rings (SSSR count). The van der Waals surface area contributed by atoms with Crippen molar-refractivity contribution in [1.29, 1.82) is 0 Å². The standard InChI is InChI=1S/C28H31Cl2N3O6S/c1-39-20-5-3-4-17(14-20)15-23(34)31-16-21(28(37)38)32-27(36)19-10-12-33(13-11-19)24(35)9-7-18-6-8-22(40-2)26(30)25(18)29/h3-9,14,19,21H,10-13,15-16H2,1-2H3,(H,31,34)(H,32,36)(H,37,38). The summed E-state index contributed by atoms with van der Waals surface area (Å²) in [4.78, 5) is 52.0. The SMILES string of the molecule is COc1cccc(CC(=O)NCC(NC(=O)C2CCN(C(=O)C=Cc3ccc(SC)c(Cl)c3Cl)CC2)C(=O)O)c1. The van der Waals surface area contributed by atoms with Crippen molar-refractivity contribution in [2.24, 2.45) is 5.92 Å². The molecule has 2 aromatic carbocycles. The van der Waals surface area contributed by atoms with E-state index >= 15 is 0 Å². The van der Waals surface area contributed by atoms with Gasteiger partial charge in [-0.3, -0.25) is 14.4 Å². The van der Waals surface area contributed by atoms with Crippen molar-refractivity contribution in [3.05, 3.63) is 63.6 Å². The van der Waals surface area contributed by atoms with E-state index < -0.39 is 23.8 Å². The second kappa shape index (κ2) is 15.0. The first-order valence-electron chi connectivity index (χ1n) is 12.5. The van der Waals surface area contributed by atoms with Gasteiger partial charge in [-0.1, -0.05) is 41.4 Å². The van der Waals surface area contributed by atoms with Crippen LogP contribution in [0.1, 0.15) is 24.0 Å². The van der Waals surface area contributed by atoms with Gasteiger partial charge in [-0.05, 0) is 54.5 Å². The zero-order valence-corrected chi connectivity index (χ0v) is 24.4. The first kappa shape index (κ1) is 31.3. The number of hydrogen-bond acceptors (Lipinski definition) is 6. The number of piperidine rings is 1. The number of benzene rings is 2. The Morgan fingerprint density at radius 2 is 1.88 bits per heavy atom. The van der Waals surface area contributed by atoms with Crippen LogP contribution < -0.4 is 15.4 Å². The quantitative estimate of drug-likeness (QED) is 0.261. The number of methoxy groups -OCH3 is 1. The van der Waals surface area contributed by atoms with Crippen molar-refractivity contribution in [1.82, 2.24) is 15.5 Å². The normalized spacial score (nSPS) is 14.6. The Hall–Kier alpha value is -3.21. The van der Waals surface area contributed by atoms with E-state index in [1.54, 1.807) is 41.3 Å². The van der Waals surface area contributed by atoms with E-state index in [-0.39, 0.29) is 24.8 Å². The van der Waals surface area contributed by atoms with Crippen molar-refractivity contribution in [3.8, 4) is 5.75 Å². The summed E-state index contributed by atoms with van der Waals surface area (Å²) in [5.74, 6) is -2.11. The van der Waals surface area contributed by atoms with Gasteiger partial charge in [0.1, 0.15) is 11.8 Å². The van der Waals surface area contributed by atoms with Gasteiger partial charge in [-0.25, -0.2) is 4.79 Å². The molecule has 0 radical (unpaired) electrons. The zero-order valence-electron chi connectivity index (χ0n) is 22.1. The van der Waals surface area contributed by atoms with Crippen molar-refractivity contribution in [2.45, 2.75) is 30.2 Å². The third kappa shape index (κ3) is 8.64. The maximum atomic E-state index is 12.8. The fraction of sp³-hybridized carbons (Fsp3) is 0.357. The van der Waals surface area contributed by atoms with Gasteiger partial charge in [-0.2, -0.15) is 0 Å². The van der Waals surface area contributed by atoms with E-state index in [1.165, 1.54) is 24.9 Å². The lowest BCUT2D eigenvalue weighted by atomic mass is 9.95. The van der Waals surface area contributed by atoms with Crippen molar-refractivity contribution in [3.63, 3.8) is 0 Å². The monoisotopic (exact) mass is 607 g/mol. The molecule has 1 saturated heterocycles. The molecule has 0 saturated carbocycles. The molecule has 1 unspecified atom stereocenters. The molecule has 0 bridgehead atoms. The third-order valence-corrected chi connectivity index (χ3v) is 8.28. The zero-order chi connectivity index (χ0) is 29.2. The van der Waals surface area contributed by atoms with Crippen LogP contribution in [0.2, 0.25) is 10.0 Å². The topological polar surface area (TPSA) is 125 Å². The van der Waals surface area contributed by atoms with Gasteiger partial charge in [-0.15, -0.1) is 11.8 Å². The molecule has 3 amide bonds. The van der Waals surface area contributed by atoms with Crippen molar-refractivity contribution in [2.75, 3.05) is 33.0 Å². The van der Waals surface area contributed by atoms with E-state index in [4.69, 9.17) is 27.9 Å². The van der Waals surface area contributed by atoms with Gasteiger partial charge < -0.3 is 25.4 Å². The van der Waals surface area contributed by atoms with Crippen LogP contribution in [0.3, 0.4) is 0 Å². The summed E-state index contributed by atoms with van der Waals surface area (Å²) >= 11 is 14.1. The number of carbonyl (C=O) groups excluding carboxylic acids is 3. The highest BCUT2D eigenvalue weighted by molar-refractivity contribution is 7.98. The fourth-order valence-corrected chi connectivity index (χ4v) is 5.37. The Morgan fingerprint density at radius 1 is 1.15 bits per heavy atom. The summed E-state index contributed by atoms with van der Waals surface area (Å²) in [6, 6.07) is 9.35. The number of halogens is 2. The second-order valence-electron chi connectivity index (χ2n) is 9.15. The summed E-state index contributed by atoms with van der Waals surface area (Å²) < 4.78 is 5.14. The van der Waals surface area contributed by atoms with E-state index in [1.807, 2.05) is 12.3 Å². The lowest BCUT2D eigenvalue weighted by molar-refractivity contribution is -0.142. The Balaban J connectivity index is 1.47. The van der Waals surface area contributed by atoms with Gasteiger partial charge in [0.05, 0.1) is 23.6 Å². The number of ether oxygens (including phenoxy) is 1.